The van der Waals surface area contributed by atoms with Gasteiger partial charge in [0.2, 0.25) is 11.8 Å². The standard InChI is InChI=1S/C22H20N4O3S/c1-24-21(28)17-7-2-15(3-8-17)6-11-20(27)26-14-30-13-19(26)22(29)25-18-9-4-16(12-23)5-10-18/h2-11,19H,13-14H2,1H3,(H,24,28)(H,25,29)/b11-6+. The highest BCUT2D eigenvalue weighted by Gasteiger charge is 2.33. The molecule has 0 spiro atoms. The Kier molecular flexibility index (Phi) is 6.88. The van der Waals surface area contributed by atoms with E-state index in [1.165, 1.54) is 22.7 Å². The summed E-state index contributed by atoms with van der Waals surface area (Å²) < 4.78 is 0. The Morgan fingerprint density at radius 1 is 1.13 bits per heavy atom. The van der Waals surface area contributed by atoms with Crippen LogP contribution in [0.5, 0.6) is 0 Å². The number of carbonyl (C=O) groups excluding carboxylic acids is 3. The summed E-state index contributed by atoms with van der Waals surface area (Å²) in [6, 6.07) is 14.9. The molecule has 1 saturated heterocycles. The molecule has 1 aliphatic rings. The quantitative estimate of drug-likeness (QED) is 0.724. The van der Waals surface area contributed by atoms with Gasteiger partial charge in [-0.05, 0) is 48.0 Å². The Morgan fingerprint density at radius 3 is 2.47 bits per heavy atom. The van der Waals surface area contributed by atoms with Crippen molar-refractivity contribution in [2.45, 2.75) is 6.04 Å². The molecule has 2 aromatic carbocycles. The minimum absolute atomic E-state index is 0.174. The molecule has 3 rings (SSSR count). The van der Waals surface area contributed by atoms with Gasteiger partial charge in [0.15, 0.2) is 0 Å². The Hall–Kier alpha value is -3.57. The second-order valence-electron chi connectivity index (χ2n) is 6.54. The van der Waals surface area contributed by atoms with Crippen LogP contribution in [0.4, 0.5) is 5.69 Å². The minimum Gasteiger partial charge on any atom is -0.355 e. The lowest BCUT2D eigenvalue weighted by Crippen LogP contribution is -2.43. The second-order valence-corrected chi connectivity index (χ2v) is 7.54. The van der Waals surface area contributed by atoms with Crippen molar-refractivity contribution in [2.75, 3.05) is 24.0 Å². The van der Waals surface area contributed by atoms with Crippen LogP contribution in [0.25, 0.3) is 6.08 Å². The van der Waals surface area contributed by atoms with Crippen molar-refractivity contribution in [2.24, 2.45) is 0 Å². The van der Waals surface area contributed by atoms with Gasteiger partial charge in [-0.1, -0.05) is 12.1 Å². The van der Waals surface area contributed by atoms with Gasteiger partial charge in [-0.15, -0.1) is 11.8 Å². The lowest BCUT2D eigenvalue weighted by Gasteiger charge is -2.21. The first-order valence-corrected chi connectivity index (χ1v) is 10.4. The summed E-state index contributed by atoms with van der Waals surface area (Å²) in [5, 5.41) is 14.2. The lowest BCUT2D eigenvalue weighted by molar-refractivity contribution is -0.132. The predicted molar refractivity (Wildman–Crippen MR) is 117 cm³/mol. The summed E-state index contributed by atoms with van der Waals surface area (Å²) in [5.74, 6) is 0.260. The van der Waals surface area contributed by atoms with Crippen molar-refractivity contribution in [3.8, 4) is 6.07 Å². The van der Waals surface area contributed by atoms with E-state index in [1.807, 2.05) is 6.07 Å². The molecule has 1 fully saturated rings. The molecule has 0 bridgehead atoms. The van der Waals surface area contributed by atoms with Gasteiger partial charge in [0.05, 0.1) is 17.5 Å². The zero-order valence-electron chi connectivity index (χ0n) is 16.3. The van der Waals surface area contributed by atoms with E-state index >= 15 is 0 Å². The fourth-order valence-electron chi connectivity index (χ4n) is 2.88. The van der Waals surface area contributed by atoms with Gasteiger partial charge >= 0.3 is 0 Å². The first kappa shape index (κ1) is 21.1. The van der Waals surface area contributed by atoms with E-state index in [2.05, 4.69) is 10.6 Å². The van der Waals surface area contributed by atoms with Crippen LogP contribution in [-0.4, -0.2) is 47.3 Å². The number of carbonyl (C=O) groups is 3. The molecule has 7 nitrogen and oxygen atoms in total. The van der Waals surface area contributed by atoms with Crippen LogP contribution in [-0.2, 0) is 9.59 Å². The van der Waals surface area contributed by atoms with Gasteiger partial charge in [0.1, 0.15) is 6.04 Å². The van der Waals surface area contributed by atoms with Crippen LogP contribution in [0.1, 0.15) is 21.5 Å². The van der Waals surface area contributed by atoms with Gasteiger partial charge in [-0.25, -0.2) is 0 Å². The summed E-state index contributed by atoms with van der Waals surface area (Å²) in [6.07, 6.45) is 3.09. The van der Waals surface area contributed by atoms with Crippen LogP contribution in [0, 0.1) is 11.3 Å². The molecule has 0 saturated carbocycles. The monoisotopic (exact) mass is 420 g/mol. The normalized spacial score (nSPS) is 15.6. The number of rotatable bonds is 5. The number of hydrogen-bond donors (Lipinski definition) is 2. The molecule has 2 N–H and O–H groups in total. The van der Waals surface area contributed by atoms with Crippen LogP contribution in [0.3, 0.4) is 0 Å². The summed E-state index contributed by atoms with van der Waals surface area (Å²) in [4.78, 5) is 38.4. The van der Waals surface area contributed by atoms with E-state index < -0.39 is 6.04 Å². The molecule has 152 valence electrons. The molecular formula is C22H20N4O3S. The average molecular weight is 420 g/mol. The molecule has 0 radical (unpaired) electrons. The van der Waals surface area contributed by atoms with Gasteiger partial charge < -0.3 is 15.5 Å². The Morgan fingerprint density at radius 2 is 1.83 bits per heavy atom. The Bertz CT molecular complexity index is 1010. The minimum atomic E-state index is -0.571. The summed E-state index contributed by atoms with van der Waals surface area (Å²) in [5.41, 5.74) is 2.41. The van der Waals surface area contributed by atoms with Crippen molar-refractivity contribution in [1.82, 2.24) is 10.2 Å². The van der Waals surface area contributed by atoms with Gasteiger partial charge in [-0.2, -0.15) is 5.26 Å². The number of amides is 3. The maximum atomic E-state index is 12.6. The molecule has 30 heavy (non-hydrogen) atoms. The van der Waals surface area contributed by atoms with E-state index in [-0.39, 0.29) is 17.7 Å². The third-order valence-electron chi connectivity index (χ3n) is 4.57. The highest BCUT2D eigenvalue weighted by molar-refractivity contribution is 7.99. The molecule has 1 aliphatic heterocycles. The summed E-state index contributed by atoms with van der Waals surface area (Å²) >= 11 is 1.52. The molecular weight excluding hydrogens is 400 g/mol. The largest absolute Gasteiger partial charge is 0.355 e. The number of anilines is 1. The highest BCUT2D eigenvalue weighted by Crippen LogP contribution is 2.23. The zero-order valence-corrected chi connectivity index (χ0v) is 17.1. The first-order chi connectivity index (χ1) is 14.5. The van der Waals surface area contributed by atoms with Crippen LogP contribution in [0.2, 0.25) is 0 Å². The maximum absolute atomic E-state index is 12.6. The van der Waals surface area contributed by atoms with Crippen LogP contribution < -0.4 is 10.6 Å². The smallest absolute Gasteiger partial charge is 0.251 e. The van der Waals surface area contributed by atoms with Gasteiger partial charge in [0, 0.05) is 30.1 Å². The van der Waals surface area contributed by atoms with E-state index in [9.17, 15) is 14.4 Å². The average Bonchev–Trinajstić information content (AvgIpc) is 3.28. The number of nitrogens with one attached hydrogen (secondary N) is 2. The van der Waals surface area contributed by atoms with Crippen molar-refractivity contribution < 1.29 is 14.4 Å². The SMILES string of the molecule is CNC(=O)c1ccc(/C=C/C(=O)N2CSCC2C(=O)Nc2ccc(C#N)cc2)cc1. The maximum Gasteiger partial charge on any atom is 0.251 e. The molecule has 0 aliphatic carbocycles. The fraction of sp³-hybridized carbons (Fsp3) is 0.182. The Balaban J connectivity index is 1.63. The van der Waals surface area contributed by atoms with E-state index in [0.29, 0.717) is 28.4 Å². The number of nitriles is 1. The molecule has 3 amide bonds. The third kappa shape index (κ3) is 5.07. The summed E-state index contributed by atoms with van der Waals surface area (Å²) in [7, 11) is 1.57. The number of benzene rings is 2. The molecule has 8 heteroatoms. The van der Waals surface area contributed by atoms with Crippen LogP contribution in [0.15, 0.2) is 54.6 Å². The zero-order chi connectivity index (χ0) is 21.5. The molecule has 1 unspecified atom stereocenters. The topological polar surface area (TPSA) is 102 Å². The molecule has 0 aromatic heterocycles. The number of nitrogens with zero attached hydrogens (tertiary/aromatic N) is 2. The lowest BCUT2D eigenvalue weighted by atomic mass is 10.1. The van der Waals surface area contributed by atoms with Crippen LogP contribution >= 0.6 is 11.8 Å². The predicted octanol–water partition coefficient (Wildman–Crippen LogP) is 2.47. The van der Waals surface area contributed by atoms with Gasteiger partial charge in [0.25, 0.3) is 5.91 Å². The number of hydrogen-bond acceptors (Lipinski definition) is 5. The van der Waals surface area contributed by atoms with E-state index in [1.54, 1.807) is 61.7 Å². The van der Waals surface area contributed by atoms with Crippen molar-refractivity contribution in [3.63, 3.8) is 0 Å². The summed E-state index contributed by atoms with van der Waals surface area (Å²) in [6.45, 7) is 0. The first-order valence-electron chi connectivity index (χ1n) is 9.21. The molecule has 2 aromatic rings. The second kappa shape index (κ2) is 9.76. The number of thioether (sulfide) groups is 1. The Labute approximate surface area is 178 Å². The van der Waals surface area contributed by atoms with Gasteiger partial charge in [-0.3, -0.25) is 14.4 Å². The van der Waals surface area contributed by atoms with Crippen molar-refractivity contribution in [1.29, 1.82) is 5.26 Å². The van der Waals surface area contributed by atoms with Crippen molar-refractivity contribution >= 4 is 41.2 Å². The van der Waals surface area contributed by atoms with Crippen molar-refractivity contribution in [3.05, 3.63) is 71.3 Å². The highest BCUT2D eigenvalue weighted by atomic mass is 32.2. The van der Waals surface area contributed by atoms with E-state index in [0.717, 1.165) is 5.56 Å². The van der Waals surface area contributed by atoms with E-state index in [4.69, 9.17) is 5.26 Å². The molecule has 1 atom stereocenters. The third-order valence-corrected chi connectivity index (χ3v) is 5.58. The fourth-order valence-corrected chi connectivity index (χ4v) is 4.05. The molecule has 1 heterocycles.